The van der Waals surface area contributed by atoms with Gasteiger partial charge in [-0.1, -0.05) is 12.8 Å². The largest absolute Gasteiger partial charge is 0.302 e. The summed E-state index contributed by atoms with van der Waals surface area (Å²) >= 11 is 3.56. The zero-order valence-corrected chi connectivity index (χ0v) is 5.90. The van der Waals surface area contributed by atoms with Gasteiger partial charge in [0.25, 0.3) is 0 Å². The van der Waals surface area contributed by atoms with Crippen molar-refractivity contribution in [2.75, 3.05) is 20.6 Å². The number of thiol groups is 1. The van der Waals surface area contributed by atoms with E-state index >= 15 is 0 Å². The predicted octanol–water partition coefficient (Wildman–Crippen LogP) is -0.491. The number of carbonyl (C=O) groups excluding carboxylic acids is 1. The first-order chi connectivity index (χ1) is 3.66. The van der Waals surface area contributed by atoms with E-state index in [2.05, 4.69) is 17.5 Å². The molecule has 0 aromatic carbocycles. The molecule has 0 spiro atoms. The van der Waals surface area contributed by atoms with Crippen LogP contribution in [0.3, 0.4) is 0 Å². The topological polar surface area (TPSA) is 32.3 Å². The van der Waals surface area contributed by atoms with Gasteiger partial charge in [-0.25, -0.2) is 0 Å². The van der Waals surface area contributed by atoms with Crippen LogP contribution in [0.4, 0.5) is 0 Å². The van der Waals surface area contributed by atoms with Crippen LogP contribution in [-0.2, 0) is 4.79 Å². The van der Waals surface area contributed by atoms with Crippen LogP contribution < -0.4 is 4.72 Å². The summed E-state index contributed by atoms with van der Waals surface area (Å²) in [6.07, 6.45) is 0. The summed E-state index contributed by atoms with van der Waals surface area (Å²) in [5, 5.41) is 0. The Bertz CT molecular complexity index is 84.1. The zero-order valence-electron chi connectivity index (χ0n) is 5.01. The van der Waals surface area contributed by atoms with Gasteiger partial charge in [-0.05, 0) is 14.1 Å². The van der Waals surface area contributed by atoms with E-state index in [1.807, 2.05) is 14.1 Å². The van der Waals surface area contributed by atoms with Gasteiger partial charge in [-0.3, -0.25) is 4.79 Å². The van der Waals surface area contributed by atoms with E-state index in [4.69, 9.17) is 0 Å². The van der Waals surface area contributed by atoms with Gasteiger partial charge in [0.1, 0.15) is 0 Å². The molecule has 0 aromatic rings. The summed E-state index contributed by atoms with van der Waals surface area (Å²) < 4.78 is 2.21. The molecule has 1 N–H and O–H groups in total. The van der Waals surface area contributed by atoms with Crippen LogP contribution in [0.15, 0.2) is 0 Å². The van der Waals surface area contributed by atoms with E-state index in [9.17, 15) is 4.79 Å². The minimum absolute atomic E-state index is 0.0849. The molecule has 3 nitrogen and oxygen atoms in total. The number of hydrogen-bond donors (Lipinski definition) is 2. The summed E-state index contributed by atoms with van der Waals surface area (Å²) in [7, 11) is 3.64. The van der Waals surface area contributed by atoms with Crippen molar-refractivity contribution in [3.8, 4) is 0 Å². The molecule has 4 heteroatoms. The van der Waals surface area contributed by atoms with Crippen molar-refractivity contribution in [2.45, 2.75) is 0 Å². The molecule has 0 radical (unpaired) electrons. The SMILES string of the molecule is CN(C)CC(=O)NS. The molecule has 0 aromatic heterocycles. The first kappa shape index (κ1) is 7.78. The van der Waals surface area contributed by atoms with E-state index in [-0.39, 0.29) is 5.91 Å². The van der Waals surface area contributed by atoms with E-state index in [0.717, 1.165) is 0 Å². The highest BCUT2D eigenvalue weighted by Crippen LogP contribution is 1.73. The maximum atomic E-state index is 10.4. The van der Waals surface area contributed by atoms with Gasteiger partial charge in [0.15, 0.2) is 0 Å². The highest BCUT2D eigenvalue weighted by Gasteiger charge is 1.96. The molecule has 8 heavy (non-hydrogen) atoms. The molecular formula is C4H10N2OS. The Morgan fingerprint density at radius 1 is 1.75 bits per heavy atom. The highest BCUT2D eigenvalue weighted by atomic mass is 32.1. The fraction of sp³-hybridized carbons (Fsp3) is 0.750. The molecule has 0 aliphatic rings. The number of amides is 1. The Morgan fingerprint density at radius 3 is 2.38 bits per heavy atom. The third kappa shape index (κ3) is 3.95. The van der Waals surface area contributed by atoms with Crippen molar-refractivity contribution in [1.82, 2.24) is 9.62 Å². The molecule has 0 fully saturated rings. The van der Waals surface area contributed by atoms with Crippen molar-refractivity contribution in [2.24, 2.45) is 0 Å². The Morgan fingerprint density at radius 2 is 2.25 bits per heavy atom. The van der Waals surface area contributed by atoms with Crippen molar-refractivity contribution < 1.29 is 4.79 Å². The van der Waals surface area contributed by atoms with Crippen LogP contribution in [0, 0.1) is 0 Å². The van der Waals surface area contributed by atoms with Gasteiger partial charge in [0, 0.05) is 0 Å². The van der Waals surface area contributed by atoms with Crippen molar-refractivity contribution in [1.29, 1.82) is 0 Å². The lowest BCUT2D eigenvalue weighted by Crippen LogP contribution is -2.27. The Hall–Kier alpha value is -0.220. The third-order valence-corrected chi connectivity index (χ3v) is 0.834. The lowest BCUT2D eigenvalue weighted by Gasteiger charge is -2.05. The minimum atomic E-state index is -0.0849. The van der Waals surface area contributed by atoms with Crippen molar-refractivity contribution >= 4 is 18.7 Å². The molecule has 0 aliphatic heterocycles. The van der Waals surface area contributed by atoms with E-state index in [1.54, 1.807) is 4.90 Å². The van der Waals surface area contributed by atoms with Crippen LogP contribution in [0.1, 0.15) is 0 Å². The molecule has 0 heterocycles. The van der Waals surface area contributed by atoms with Crippen LogP contribution in [0.25, 0.3) is 0 Å². The third-order valence-electron chi connectivity index (χ3n) is 0.585. The highest BCUT2D eigenvalue weighted by molar-refractivity contribution is 7.78. The number of hydrogen-bond acceptors (Lipinski definition) is 3. The molecule has 0 atom stereocenters. The van der Waals surface area contributed by atoms with Gasteiger partial charge in [0.05, 0.1) is 6.54 Å². The molecule has 0 aliphatic carbocycles. The molecule has 0 rings (SSSR count). The quantitative estimate of drug-likeness (QED) is 0.499. The number of carbonyl (C=O) groups is 1. The van der Waals surface area contributed by atoms with Crippen LogP contribution in [-0.4, -0.2) is 31.4 Å². The molecular weight excluding hydrogens is 124 g/mol. The normalized spacial score (nSPS) is 9.50. The van der Waals surface area contributed by atoms with E-state index in [0.29, 0.717) is 6.54 Å². The monoisotopic (exact) mass is 134 g/mol. The minimum Gasteiger partial charge on any atom is -0.302 e. The first-order valence-electron chi connectivity index (χ1n) is 2.24. The lowest BCUT2D eigenvalue weighted by molar-refractivity contribution is -0.119. The van der Waals surface area contributed by atoms with Crippen LogP contribution in [0.2, 0.25) is 0 Å². The molecule has 1 amide bonds. The average molecular weight is 134 g/mol. The summed E-state index contributed by atoms with van der Waals surface area (Å²) in [6, 6.07) is 0. The number of likely N-dealkylation sites (N-methyl/N-ethyl adjacent to an activating group) is 1. The number of nitrogens with zero attached hydrogens (tertiary/aromatic N) is 1. The molecule has 48 valence electrons. The fourth-order valence-corrected chi connectivity index (χ4v) is 0.393. The van der Waals surface area contributed by atoms with Crippen molar-refractivity contribution in [3.05, 3.63) is 0 Å². The molecule has 0 saturated heterocycles. The second-order valence-electron chi connectivity index (χ2n) is 1.77. The lowest BCUT2D eigenvalue weighted by atomic mass is 10.6. The zero-order chi connectivity index (χ0) is 6.57. The first-order valence-corrected chi connectivity index (χ1v) is 2.69. The molecule has 0 unspecified atom stereocenters. The average Bonchev–Trinajstić information content (AvgIpc) is 1.65. The van der Waals surface area contributed by atoms with E-state index in [1.165, 1.54) is 0 Å². The maximum absolute atomic E-state index is 10.4. The molecule has 0 bridgehead atoms. The standard InChI is InChI=1S/C4H10N2OS/c1-6(2)3-4(7)5-8/h8H,3H2,1-2H3,(H,5,7). The second-order valence-corrected chi connectivity index (χ2v) is 2.00. The smallest absolute Gasteiger partial charge is 0.243 e. The Kier molecular flexibility index (Phi) is 3.64. The van der Waals surface area contributed by atoms with Gasteiger partial charge >= 0.3 is 0 Å². The maximum Gasteiger partial charge on any atom is 0.243 e. The van der Waals surface area contributed by atoms with Crippen LogP contribution in [0.5, 0.6) is 0 Å². The number of nitrogens with one attached hydrogen (secondary N) is 1. The van der Waals surface area contributed by atoms with Gasteiger partial charge in [-0.15, -0.1) is 0 Å². The fourth-order valence-electron chi connectivity index (χ4n) is 0.323. The van der Waals surface area contributed by atoms with E-state index < -0.39 is 0 Å². The Balaban J connectivity index is 3.25. The van der Waals surface area contributed by atoms with Crippen LogP contribution >= 0.6 is 12.8 Å². The predicted molar refractivity (Wildman–Crippen MR) is 35.7 cm³/mol. The second kappa shape index (κ2) is 3.74. The van der Waals surface area contributed by atoms with Gasteiger partial charge in [-0.2, -0.15) is 0 Å². The number of rotatable bonds is 2. The van der Waals surface area contributed by atoms with Gasteiger partial charge < -0.3 is 9.62 Å². The summed E-state index contributed by atoms with van der Waals surface area (Å²) in [6.45, 7) is 0.392. The van der Waals surface area contributed by atoms with Crippen molar-refractivity contribution in [3.63, 3.8) is 0 Å². The summed E-state index contributed by atoms with van der Waals surface area (Å²) in [5.74, 6) is -0.0849. The summed E-state index contributed by atoms with van der Waals surface area (Å²) in [5.41, 5.74) is 0. The summed E-state index contributed by atoms with van der Waals surface area (Å²) in [4.78, 5) is 12.2. The molecule has 0 saturated carbocycles. The van der Waals surface area contributed by atoms with Gasteiger partial charge in [0.2, 0.25) is 5.91 Å². The Labute approximate surface area is 54.6 Å².